The van der Waals surface area contributed by atoms with Gasteiger partial charge in [0.15, 0.2) is 34.7 Å². The number of carbonyl (C=O) groups excluding carboxylic acids is 1. The second-order valence-corrected chi connectivity index (χ2v) is 10.9. The number of nitrogens with zero attached hydrogens (tertiary/aromatic N) is 1. The quantitative estimate of drug-likeness (QED) is 0.0624. The molecule has 2 aromatic rings. The molecule has 0 radical (unpaired) electrons. The number of guanidine groups is 1. The number of phenols is 2. The zero-order valence-electron chi connectivity index (χ0n) is 24.8. The number of methoxy groups -OCH3 is 2. The Morgan fingerprint density at radius 3 is 2.51 bits per heavy atom. The van der Waals surface area contributed by atoms with Gasteiger partial charge in [-0.15, -0.1) is 0 Å². The van der Waals surface area contributed by atoms with E-state index in [1.165, 1.54) is 20.6 Å². The van der Waals surface area contributed by atoms with Gasteiger partial charge in [-0.25, -0.2) is 4.99 Å². The van der Waals surface area contributed by atoms with Crippen LogP contribution in [0, 0.1) is 5.92 Å². The van der Waals surface area contributed by atoms with Crippen LogP contribution < -0.4 is 20.5 Å². The van der Waals surface area contributed by atoms with Gasteiger partial charge in [0.2, 0.25) is 0 Å². The molecule has 5 N–H and O–H groups in total. The van der Waals surface area contributed by atoms with Gasteiger partial charge in [-0.2, -0.15) is 0 Å². The molecular formula is C33H47N3O5. The first-order valence-corrected chi connectivity index (χ1v) is 14.9. The molecule has 0 aliphatic heterocycles. The van der Waals surface area contributed by atoms with Crippen molar-refractivity contribution in [2.24, 2.45) is 16.6 Å². The van der Waals surface area contributed by atoms with Crippen molar-refractivity contribution in [2.75, 3.05) is 19.5 Å². The van der Waals surface area contributed by atoms with E-state index >= 15 is 0 Å². The van der Waals surface area contributed by atoms with E-state index < -0.39 is 0 Å². The van der Waals surface area contributed by atoms with Gasteiger partial charge >= 0.3 is 0 Å². The summed E-state index contributed by atoms with van der Waals surface area (Å²) in [5.74, 6) is 1.35. The molecule has 0 unspecified atom stereocenters. The Bertz CT molecular complexity index is 1190. The smallest absolute Gasteiger partial charge is 0.193 e. The predicted octanol–water partition coefficient (Wildman–Crippen LogP) is 6.67. The second-order valence-electron chi connectivity index (χ2n) is 10.9. The number of ketones is 1. The molecule has 0 bridgehead atoms. The van der Waals surface area contributed by atoms with E-state index in [4.69, 9.17) is 15.2 Å². The molecule has 2 aromatic carbocycles. The fraction of sp³-hybridized carbons (Fsp3) is 0.515. The van der Waals surface area contributed by atoms with Crippen molar-refractivity contribution in [3.63, 3.8) is 0 Å². The third kappa shape index (κ3) is 10.3. The number of benzene rings is 2. The summed E-state index contributed by atoms with van der Waals surface area (Å²) in [4.78, 5) is 17.4. The minimum absolute atomic E-state index is 0.00263. The monoisotopic (exact) mass is 565 g/mol. The molecule has 0 saturated heterocycles. The lowest BCUT2D eigenvalue weighted by Gasteiger charge is -2.19. The van der Waals surface area contributed by atoms with Gasteiger partial charge in [-0.3, -0.25) is 4.79 Å². The van der Waals surface area contributed by atoms with Gasteiger partial charge in [0.05, 0.1) is 25.9 Å². The Balaban J connectivity index is 1.70. The molecule has 1 atom stereocenters. The van der Waals surface area contributed by atoms with E-state index in [9.17, 15) is 15.0 Å². The molecule has 1 saturated carbocycles. The number of aliphatic imine (C=N–C) groups is 1. The lowest BCUT2D eigenvalue weighted by molar-refractivity contribution is -0.114. The summed E-state index contributed by atoms with van der Waals surface area (Å²) in [6.07, 6.45) is 15.2. The van der Waals surface area contributed by atoms with Crippen molar-refractivity contribution in [3.8, 4) is 23.0 Å². The molecule has 224 valence electrons. The molecule has 8 heteroatoms. The maximum atomic E-state index is 12.8. The number of hydrogen-bond donors (Lipinski definition) is 4. The standard InChI is InChI=1S/C33H47N3O5/c1-4-5-7-10-23(13-16-27(37)17-14-24-15-18-29(38)30(21-24)40-2)19-25-20-28(32(39)31(22-25)41-3)36-33(34)35-26-11-8-6-9-12-26/h13,15-16,18,20-23,26,38-39H,4-12,14,17,19H2,1-3H3,(H3,34,35,36)/t23-/m1/s1. The number of aryl methyl sites for hydroxylation is 1. The van der Waals surface area contributed by atoms with Crippen LogP contribution in [0.3, 0.4) is 0 Å². The Labute approximate surface area is 244 Å². The van der Waals surface area contributed by atoms with Crippen LogP contribution in [0.25, 0.3) is 0 Å². The summed E-state index contributed by atoms with van der Waals surface area (Å²) in [6.45, 7) is 2.18. The van der Waals surface area contributed by atoms with Crippen molar-refractivity contribution in [1.82, 2.24) is 0 Å². The molecule has 8 nitrogen and oxygen atoms in total. The fourth-order valence-electron chi connectivity index (χ4n) is 5.31. The van der Waals surface area contributed by atoms with Crippen molar-refractivity contribution in [3.05, 3.63) is 53.6 Å². The lowest BCUT2D eigenvalue weighted by atomic mass is 9.92. The third-order valence-electron chi connectivity index (χ3n) is 7.65. The number of rotatable bonds is 15. The molecule has 1 aliphatic carbocycles. The Kier molecular flexibility index (Phi) is 12.9. The van der Waals surface area contributed by atoms with E-state index in [2.05, 4.69) is 17.2 Å². The van der Waals surface area contributed by atoms with Gasteiger partial charge in [0.25, 0.3) is 0 Å². The molecule has 0 aromatic heterocycles. The van der Waals surface area contributed by atoms with Crippen LogP contribution in [0.15, 0.2) is 47.5 Å². The first kappa shape index (κ1) is 31.8. The minimum Gasteiger partial charge on any atom is -0.504 e. The number of phenolic OH excluding ortho intramolecular Hbond substituents is 2. The van der Waals surface area contributed by atoms with Crippen molar-refractivity contribution in [2.45, 2.75) is 90.0 Å². The van der Waals surface area contributed by atoms with Gasteiger partial charge in [0, 0.05) is 6.42 Å². The topological polar surface area (TPSA) is 126 Å². The highest BCUT2D eigenvalue weighted by atomic mass is 16.5. The SMILES string of the molecule is CCCCC[C@H](C=CC(=O)CCc1ccc(O)c(OC)c1)Cc1cc(NC(N)=NC2CCCCC2)c(O)c(OC)c1. The maximum absolute atomic E-state index is 12.8. The van der Waals surface area contributed by atoms with Crippen LogP contribution in [0.4, 0.5) is 5.69 Å². The largest absolute Gasteiger partial charge is 0.504 e. The van der Waals surface area contributed by atoms with Crippen LogP contribution in [-0.2, 0) is 17.6 Å². The summed E-state index contributed by atoms with van der Waals surface area (Å²) in [6, 6.07) is 9.10. The van der Waals surface area contributed by atoms with E-state index in [0.717, 1.165) is 62.5 Å². The first-order chi connectivity index (χ1) is 19.8. The van der Waals surface area contributed by atoms with E-state index in [1.807, 2.05) is 18.2 Å². The number of aromatic hydroxyl groups is 2. The summed E-state index contributed by atoms with van der Waals surface area (Å²) >= 11 is 0. The normalized spacial score (nSPS) is 15.1. The summed E-state index contributed by atoms with van der Waals surface area (Å²) < 4.78 is 10.6. The molecule has 1 aliphatic rings. The molecule has 1 fully saturated rings. The van der Waals surface area contributed by atoms with Crippen LogP contribution in [0.2, 0.25) is 0 Å². The highest BCUT2D eigenvalue weighted by molar-refractivity contribution is 5.94. The maximum Gasteiger partial charge on any atom is 0.193 e. The molecule has 0 heterocycles. The Morgan fingerprint density at radius 2 is 1.80 bits per heavy atom. The highest BCUT2D eigenvalue weighted by Crippen LogP contribution is 2.37. The number of allylic oxidation sites excluding steroid dienone is 2. The van der Waals surface area contributed by atoms with Crippen LogP contribution >= 0.6 is 0 Å². The highest BCUT2D eigenvalue weighted by Gasteiger charge is 2.17. The van der Waals surface area contributed by atoms with E-state index in [1.54, 1.807) is 24.3 Å². The number of unbranched alkanes of at least 4 members (excludes halogenated alkanes) is 2. The lowest BCUT2D eigenvalue weighted by Crippen LogP contribution is -2.26. The van der Waals surface area contributed by atoms with Gasteiger partial charge in [-0.1, -0.05) is 57.6 Å². The molecule has 3 rings (SSSR count). The number of ether oxygens (including phenoxy) is 2. The van der Waals surface area contributed by atoms with Gasteiger partial charge in [0.1, 0.15) is 0 Å². The number of carbonyl (C=O) groups is 1. The summed E-state index contributed by atoms with van der Waals surface area (Å²) in [7, 11) is 3.04. The average Bonchev–Trinajstić information content (AvgIpc) is 2.97. The Morgan fingerprint density at radius 1 is 1.07 bits per heavy atom. The molecular weight excluding hydrogens is 518 g/mol. The van der Waals surface area contributed by atoms with Crippen LogP contribution in [-0.4, -0.2) is 42.2 Å². The van der Waals surface area contributed by atoms with E-state index in [-0.39, 0.29) is 29.2 Å². The van der Waals surface area contributed by atoms with Gasteiger partial charge in [-0.05, 0) is 79.5 Å². The molecule has 0 amide bonds. The van der Waals surface area contributed by atoms with Crippen molar-refractivity contribution in [1.29, 1.82) is 0 Å². The fourth-order valence-corrected chi connectivity index (χ4v) is 5.31. The number of nitrogens with two attached hydrogens (primary N) is 1. The van der Waals surface area contributed by atoms with Crippen molar-refractivity contribution >= 4 is 17.4 Å². The first-order valence-electron chi connectivity index (χ1n) is 14.9. The van der Waals surface area contributed by atoms with Crippen molar-refractivity contribution < 1.29 is 24.5 Å². The summed E-state index contributed by atoms with van der Waals surface area (Å²) in [5, 5.41) is 23.7. The number of anilines is 1. The number of nitrogens with one attached hydrogen (secondary N) is 1. The van der Waals surface area contributed by atoms with Crippen LogP contribution in [0.5, 0.6) is 23.0 Å². The molecule has 41 heavy (non-hydrogen) atoms. The Hall–Kier alpha value is -3.68. The average molecular weight is 566 g/mol. The predicted molar refractivity (Wildman–Crippen MR) is 165 cm³/mol. The third-order valence-corrected chi connectivity index (χ3v) is 7.65. The van der Waals surface area contributed by atoms with Gasteiger partial charge < -0.3 is 30.7 Å². The zero-order chi connectivity index (χ0) is 29.6. The second kappa shape index (κ2) is 16.6. The minimum atomic E-state index is -0.00263. The molecule has 0 spiro atoms. The van der Waals surface area contributed by atoms with E-state index in [0.29, 0.717) is 42.4 Å². The number of hydrogen-bond acceptors (Lipinski definition) is 6. The summed E-state index contributed by atoms with van der Waals surface area (Å²) in [5.41, 5.74) is 8.60. The zero-order valence-corrected chi connectivity index (χ0v) is 24.8. The van der Waals surface area contributed by atoms with Crippen LogP contribution in [0.1, 0.15) is 82.3 Å².